The SMILES string of the molecule is CCNc1nc(C(=O)N2CCCC(CC(C)(C)C(N)=O)C2)cs1. The standard InChI is InChI=1S/C16H26N4O2S/c1-4-18-15-19-12(10-23-15)13(21)20-7-5-6-11(9-20)8-16(2,3)14(17)22/h10-11H,4-9H2,1-3H3,(H2,17,22)(H,18,19). The topological polar surface area (TPSA) is 88.3 Å². The summed E-state index contributed by atoms with van der Waals surface area (Å²) in [5.41, 5.74) is 5.44. The van der Waals surface area contributed by atoms with Crippen LogP contribution in [0.4, 0.5) is 5.13 Å². The Morgan fingerprint density at radius 1 is 1.52 bits per heavy atom. The van der Waals surface area contributed by atoms with Crippen molar-refractivity contribution in [3.05, 3.63) is 11.1 Å². The van der Waals surface area contributed by atoms with Crippen LogP contribution in [0.1, 0.15) is 50.5 Å². The Balaban J connectivity index is 1.99. The van der Waals surface area contributed by atoms with E-state index in [0.717, 1.165) is 31.1 Å². The molecule has 1 fully saturated rings. The summed E-state index contributed by atoms with van der Waals surface area (Å²) in [7, 11) is 0. The molecule has 3 N–H and O–H groups in total. The number of amides is 2. The third-order valence-electron chi connectivity index (χ3n) is 4.32. The molecule has 1 saturated heterocycles. The number of nitrogens with one attached hydrogen (secondary N) is 1. The molecule has 0 spiro atoms. The van der Waals surface area contributed by atoms with Gasteiger partial charge in [0.2, 0.25) is 5.91 Å². The summed E-state index contributed by atoms with van der Waals surface area (Å²) in [6.45, 7) is 7.95. The van der Waals surface area contributed by atoms with Crippen LogP contribution < -0.4 is 11.1 Å². The molecule has 2 heterocycles. The zero-order valence-corrected chi connectivity index (χ0v) is 14.9. The number of likely N-dealkylation sites (tertiary alicyclic amines) is 1. The highest BCUT2D eigenvalue weighted by Gasteiger charge is 2.33. The maximum atomic E-state index is 12.6. The number of primary amides is 1. The van der Waals surface area contributed by atoms with Crippen molar-refractivity contribution in [3.63, 3.8) is 0 Å². The number of carbonyl (C=O) groups is 2. The number of carbonyl (C=O) groups excluding carboxylic acids is 2. The lowest BCUT2D eigenvalue weighted by atomic mass is 9.79. The summed E-state index contributed by atoms with van der Waals surface area (Å²) in [5.74, 6) is 0.00444. The van der Waals surface area contributed by atoms with E-state index in [9.17, 15) is 9.59 Å². The summed E-state index contributed by atoms with van der Waals surface area (Å²) in [5, 5.41) is 5.70. The van der Waals surface area contributed by atoms with E-state index in [2.05, 4.69) is 10.3 Å². The molecule has 1 atom stereocenters. The van der Waals surface area contributed by atoms with E-state index in [0.29, 0.717) is 24.6 Å². The van der Waals surface area contributed by atoms with Gasteiger partial charge in [0.25, 0.3) is 5.91 Å². The van der Waals surface area contributed by atoms with Crippen LogP contribution in [0.2, 0.25) is 0 Å². The van der Waals surface area contributed by atoms with Gasteiger partial charge in [-0.25, -0.2) is 4.98 Å². The predicted octanol–water partition coefficient (Wildman–Crippen LogP) is 2.33. The first-order valence-electron chi connectivity index (χ1n) is 8.12. The lowest BCUT2D eigenvalue weighted by Gasteiger charge is -2.35. The summed E-state index contributed by atoms with van der Waals surface area (Å²) < 4.78 is 0. The highest BCUT2D eigenvalue weighted by molar-refractivity contribution is 7.13. The Hall–Kier alpha value is -1.63. The van der Waals surface area contributed by atoms with Crippen LogP contribution in [-0.4, -0.2) is 41.3 Å². The Kier molecular flexibility index (Phi) is 5.62. The Morgan fingerprint density at radius 2 is 2.26 bits per heavy atom. The molecule has 0 aliphatic carbocycles. The van der Waals surface area contributed by atoms with Gasteiger partial charge in [0.05, 0.1) is 0 Å². The van der Waals surface area contributed by atoms with Gasteiger partial charge in [-0.15, -0.1) is 11.3 Å². The van der Waals surface area contributed by atoms with Crippen LogP contribution in [0.3, 0.4) is 0 Å². The fourth-order valence-corrected chi connectivity index (χ4v) is 3.76. The minimum atomic E-state index is -0.532. The lowest BCUT2D eigenvalue weighted by molar-refractivity contribution is -0.127. The van der Waals surface area contributed by atoms with E-state index in [-0.39, 0.29) is 11.8 Å². The van der Waals surface area contributed by atoms with Crippen molar-refractivity contribution >= 4 is 28.3 Å². The average Bonchev–Trinajstić information content (AvgIpc) is 2.95. The van der Waals surface area contributed by atoms with Gasteiger partial charge in [0, 0.05) is 30.4 Å². The number of rotatable bonds is 6. The monoisotopic (exact) mass is 338 g/mol. The van der Waals surface area contributed by atoms with Crippen molar-refractivity contribution in [2.45, 2.75) is 40.0 Å². The molecular formula is C16H26N4O2S. The van der Waals surface area contributed by atoms with E-state index in [1.54, 1.807) is 5.38 Å². The molecule has 128 valence electrons. The van der Waals surface area contributed by atoms with Crippen molar-refractivity contribution in [3.8, 4) is 0 Å². The van der Waals surface area contributed by atoms with Crippen LogP contribution >= 0.6 is 11.3 Å². The first kappa shape index (κ1) is 17.7. The third kappa shape index (κ3) is 4.43. The van der Waals surface area contributed by atoms with Crippen molar-refractivity contribution in [1.29, 1.82) is 0 Å². The van der Waals surface area contributed by atoms with Crippen molar-refractivity contribution < 1.29 is 9.59 Å². The summed E-state index contributed by atoms with van der Waals surface area (Å²) in [4.78, 5) is 30.3. The summed E-state index contributed by atoms with van der Waals surface area (Å²) in [6.07, 6.45) is 2.70. The van der Waals surface area contributed by atoms with E-state index in [1.165, 1.54) is 11.3 Å². The largest absolute Gasteiger partial charge is 0.369 e. The van der Waals surface area contributed by atoms with Gasteiger partial charge in [0.1, 0.15) is 5.69 Å². The maximum absolute atomic E-state index is 12.6. The highest BCUT2D eigenvalue weighted by Crippen LogP contribution is 2.31. The fraction of sp³-hybridized carbons (Fsp3) is 0.688. The number of anilines is 1. The highest BCUT2D eigenvalue weighted by atomic mass is 32.1. The Labute approximate surface area is 141 Å². The van der Waals surface area contributed by atoms with Gasteiger partial charge < -0.3 is 16.0 Å². The molecule has 6 nitrogen and oxygen atoms in total. The normalized spacial score (nSPS) is 18.7. The molecule has 23 heavy (non-hydrogen) atoms. The zero-order valence-electron chi connectivity index (χ0n) is 14.1. The van der Waals surface area contributed by atoms with Crippen LogP contribution in [0.15, 0.2) is 5.38 Å². The number of hydrogen-bond acceptors (Lipinski definition) is 5. The third-order valence-corrected chi connectivity index (χ3v) is 5.12. The molecule has 0 aromatic carbocycles. The molecule has 1 aliphatic heterocycles. The number of aromatic nitrogens is 1. The lowest BCUT2D eigenvalue weighted by Crippen LogP contribution is -2.43. The van der Waals surface area contributed by atoms with Gasteiger partial charge in [-0.3, -0.25) is 9.59 Å². The molecule has 7 heteroatoms. The molecule has 1 aromatic rings. The van der Waals surface area contributed by atoms with Crippen molar-refractivity contribution in [1.82, 2.24) is 9.88 Å². The van der Waals surface area contributed by atoms with Gasteiger partial charge in [-0.2, -0.15) is 0 Å². The van der Waals surface area contributed by atoms with Crippen LogP contribution in [0.25, 0.3) is 0 Å². The second-order valence-electron chi connectivity index (χ2n) is 6.78. The Morgan fingerprint density at radius 3 is 2.91 bits per heavy atom. The number of nitrogens with zero attached hydrogens (tertiary/aromatic N) is 2. The van der Waals surface area contributed by atoms with E-state index < -0.39 is 5.41 Å². The molecule has 0 saturated carbocycles. The van der Waals surface area contributed by atoms with Gasteiger partial charge in [-0.1, -0.05) is 13.8 Å². The van der Waals surface area contributed by atoms with Crippen molar-refractivity contribution in [2.24, 2.45) is 17.1 Å². The fourth-order valence-electron chi connectivity index (χ4n) is 3.00. The van der Waals surface area contributed by atoms with Crippen molar-refractivity contribution in [2.75, 3.05) is 25.0 Å². The molecule has 2 rings (SSSR count). The molecule has 0 radical (unpaired) electrons. The summed E-state index contributed by atoms with van der Waals surface area (Å²) in [6, 6.07) is 0. The van der Waals surface area contributed by atoms with E-state index in [4.69, 9.17) is 5.73 Å². The van der Waals surface area contributed by atoms with Crippen LogP contribution in [0.5, 0.6) is 0 Å². The molecule has 1 unspecified atom stereocenters. The average molecular weight is 338 g/mol. The maximum Gasteiger partial charge on any atom is 0.273 e. The zero-order chi connectivity index (χ0) is 17.0. The quantitative estimate of drug-likeness (QED) is 0.833. The number of thiazole rings is 1. The smallest absolute Gasteiger partial charge is 0.273 e. The van der Waals surface area contributed by atoms with Crippen LogP contribution in [0, 0.1) is 11.3 Å². The minimum absolute atomic E-state index is 0.0213. The molecule has 1 aromatic heterocycles. The number of hydrogen-bond donors (Lipinski definition) is 2. The summed E-state index contributed by atoms with van der Waals surface area (Å²) >= 11 is 1.45. The van der Waals surface area contributed by atoms with Gasteiger partial charge in [0.15, 0.2) is 5.13 Å². The molecular weight excluding hydrogens is 312 g/mol. The Bertz CT molecular complexity index is 570. The van der Waals surface area contributed by atoms with Gasteiger partial charge >= 0.3 is 0 Å². The van der Waals surface area contributed by atoms with E-state index in [1.807, 2.05) is 25.7 Å². The predicted molar refractivity (Wildman–Crippen MR) is 92.5 cm³/mol. The van der Waals surface area contributed by atoms with E-state index >= 15 is 0 Å². The number of nitrogens with two attached hydrogens (primary N) is 1. The second-order valence-corrected chi connectivity index (χ2v) is 7.64. The minimum Gasteiger partial charge on any atom is -0.369 e. The van der Waals surface area contributed by atoms with Gasteiger partial charge in [-0.05, 0) is 32.1 Å². The molecule has 2 amide bonds. The molecule has 0 bridgehead atoms. The first-order chi connectivity index (χ1) is 10.8. The van der Waals surface area contributed by atoms with Crippen LogP contribution in [-0.2, 0) is 4.79 Å². The first-order valence-corrected chi connectivity index (χ1v) is 9.00. The second kappa shape index (κ2) is 7.29. The molecule has 1 aliphatic rings. The number of piperidine rings is 1.